The Morgan fingerprint density at radius 2 is 1.70 bits per heavy atom. The molecule has 1 unspecified atom stereocenters. The summed E-state index contributed by atoms with van der Waals surface area (Å²) in [4.78, 5) is 11.8. The van der Waals surface area contributed by atoms with Gasteiger partial charge in [0.15, 0.2) is 6.23 Å². The Kier molecular flexibility index (Phi) is 5.82. The summed E-state index contributed by atoms with van der Waals surface area (Å²) >= 11 is 0. The molecule has 6 heteroatoms. The second-order valence-corrected chi connectivity index (χ2v) is 5.06. The number of carbonyl (C=O) groups is 1. The van der Waals surface area contributed by atoms with Crippen LogP contribution in [0.1, 0.15) is 18.1 Å². The molecule has 0 aliphatic rings. The lowest BCUT2D eigenvalue weighted by molar-refractivity contribution is 0.177. The fourth-order valence-corrected chi connectivity index (χ4v) is 1.94. The first-order valence-electron chi connectivity index (χ1n) is 7.25. The van der Waals surface area contributed by atoms with Gasteiger partial charge in [-0.25, -0.2) is 4.79 Å². The molecule has 122 valence electrons. The van der Waals surface area contributed by atoms with Gasteiger partial charge in [-0.05, 0) is 42.3 Å². The summed E-state index contributed by atoms with van der Waals surface area (Å²) in [5.41, 5.74) is 1.76. The summed E-state index contributed by atoms with van der Waals surface area (Å²) in [6.07, 6.45) is -0.517. The number of rotatable bonds is 6. The zero-order valence-corrected chi connectivity index (χ0v) is 12.8. The number of hydrogen-bond acceptors (Lipinski definition) is 4. The maximum atomic E-state index is 11.8. The lowest BCUT2D eigenvalue weighted by atomic mass is 10.1. The third kappa shape index (κ3) is 5.52. The van der Waals surface area contributed by atoms with Crippen LogP contribution in [0.15, 0.2) is 48.5 Å². The van der Waals surface area contributed by atoms with Crippen LogP contribution in [0.2, 0.25) is 0 Å². The van der Waals surface area contributed by atoms with Crippen molar-refractivity contribution < 1.29 is 19.7 Å². The summed E-state index contributed by atoms with van der Waals surface area (Å²) in [6, 6.07) is 13.2. The topological polar surface area (TPSA) is 90.8 Å². The minimum Gasteiger partial charge on any atom is -0.508 e. The number of phenolic OH excluding ortho intramolecular Hbond substituents is 1. The highest BCUT2D eigenvalue weighted by molar-refractivity contribution is 5.74. The molecule has 0 heterocycles. The maximum Gasteiger partial charge on any atom is 0.317 e. The summed E-state index contributed by atoms with van der Waals surface area (Å²) in [7, 11) is 0. The normalized spacial score (nSPS) is 11.6. The Labute approximate surface area is 134 Å². The molecule has 0 saturated heterocycles. The molecule has 6 nitrogen and oxygen atoms in total. The van der Waals surface area contributed by atoms with Gasteiger partial charge in [0.05, 0.1) is 6.61 Å². The Bertz CT molecular complexity index is 626. The molecule has 0 saturated carbocycles. The Balaban J connectivity index is 1.75. The van der Waals surface area contributed by atoms with Gasteiger partial charge in [-0.15, -0.1) is 0 Å². The second-order valence-electron chi connectivity index (χ2n) is 5.06. The van der Waals surface area contributed by atoms with Gasteiger partial charge in [0.2, 0.25) is 0 Å². The summed E-state index contributed by atoms with van der Waals surface area (Å²) in [5, 5.41) is 23.6. The number of benzene rings is 2. The van der Waals surface area contributed by atoms with Crippen molar-refractivity contribution in [3.8, 4) is 11.5 Å². The van der Waals surface area contributed by atoms with Gasteiger partial charge in [-0.1, -0.05) is 24.3 Å². The van der Waals surface area contributed by atoms with Gasteiger partial charge in [0.1, 0.15) is 11.5 Å². The van der Waals surface area contributed by atoms with E-state index in [1.54, 1.807) is 19.1 Å². The molecular formula is C17H20N2O4. The molecular weight excluding hydrogens is 296 g/mol. The largest absolute Gasteiger partial charge is 0.508 e. The molecule has 2 rings (SSSR count). The van der Waals surface area contributed by atoms with Crippen LogP contribution >= 0.6 is 0 Å². The minimum atomic E-state index is -0.517. The van der Waals surface area contributed by atoms with Crippen LogP contribution in [0.4, 0.5) is 4.79 Å². The smallest absolute Gasteiger partial charge is 0.317 e. The Hall–Kier alpha value is -2.73. The summed E-state index contributed by atoms with van der Waals surface area (Å²) in [5.74, 6) is 0.707. The van der Waals surface area contributed by atoms with Crippen molar-refractivity contribution in [3.63, 3.8) is 0 Å². The van der Waals surface area contributed by atoms with E-state index in [-0.39, 0.29) is 18.4 Å². The molecule has 0 bridgehead atoms. The van der Waals surface area contributed by atoms with Crippen LogP contribution in [0.25, 0.3) is 0 Å². The van der Waals surface area contributed by atoms with Crippen molar-refractivity contribution in [3.05, 3.63) is 59.7 Å². The second kappa shape index (κ2) is 8.05. The number of aliphatic hydroxyl groups excluding tert-OH is 1. The van der Waals surface area contributed by atoms with Gasteiger partial charge in [-0.3, -0.25) is 0 Å². The molecule has 23 heavy (non-hydrogen) atoms. The van der Waals surface area contributed by atoms with Crippen LogP contribution in [-0.2, 0) is 13.2 Å². The van der Waals surface area contributed by atoms with E-state index >= 15 is 0 Å². The predicted molar refractivity (Wildman–Crippen MR) is 85.9 cm³/mol. The van der Waals surface area contributed by atoms with Crippen molar-refractivity contribution in [2.75, 3.05) is 0 Å². The molecule has 2 aromatic rings. The van der Waals surface area contributed by atoms with Gasteiger partial charge in [0, 0.05) is 6.54 Å². The molecule has 0 spiro atoms. The van der Waals surface area contributed by atoms with Crippen LogP contribution < -0.4 is 15.4 Å². The lowest BCUT2D eigenvalue weighted by Gasteiger charge is -2.16. The van der Waals surface area contributed by atoms with Crippen molar-refractivity contribution in [2.24, 2.45) is 0 Å². The lowest BCUT2D eigenvalue weighted by Crippen LogP contribution is -2.43. The van der Waals surface area contributed by atoms with Gasteiger partial charge in [0.25, 0.3) is 0 Å². The quantitative estimate of drug-likeness (QED) is 0.614. The monoisotopic (exact) mass is 316 g/mol. The zero-order chi connectivity index (χ0) is 16.7. The molecule has 0 radical (unpaired) electrons. The standard InChI is InChI=1S/C17H20N2O4/c1-12(23-16-8-6-15(21)7-9-16)19-17(22)18-10-13-2-4-14(11-20)5-3-13/h2-9,12,20-21H,10-11H2,1H3,(H2,18,19,22). The zero-order valence-electron chi connectivity index (χ0n) is 12.8. The SMILES string of the molecule is CC(NC(=O)NCc1ccc(CO)cc1)Oc1ccc(O)cc1. The molecule has 0 fully saturated rings. The highest BCUT2D eigenvalue weighted by Gasteiger charge is 2.08. The van der Waals surface area contributed by atoms with Crippen LogP contribution in [0, 0.1) is 0 Å². The van der Waals surface area contributed by atoms with E-state index in [0.29, 0.717) is 12.3 Å². The van der Waals surface area contributed by atoms with Crippen LogP contribution in [0.5, 0.6) is 11.5 Å². The fourth-order valence-electron chi connectivity index (χ4n) is 1.94. The minimum absolute atomic E-state index is 0.000306. The van der Waals surface area contributed by atoms with E-state index in [9.17, 15) is 9.90 Å². The highest BCUT2D eigenvalue weighted by atomic mass is 16.5. The average Bonchev–Trinajstić information content (AvgIpc) is 2.55. The van der Waals surface area contributed by atoms with Gasteiger partial charge in [-0.2, -0.15) is 0 Å². The van der Waals surface area contributed by atoms with Crippen molar-refractivity contribution in [2.45, 2.75) is 26.3 Å². The van der Waals surface area contributed by atoms with E-state index in [0.717, 1.165) is 11.1 Å². The van der Waals surface area contributed by atoms with Crippen molar-refractivity contribution in [1.82, 2.24) is 10.6 Å². The fraction of sp³-hybridized carbons (Fsp3) is 0.235. The van der Waals surface area contributed by atoms with Crippen LogP contribution in [-0.4, -0.2) is 22.5 Å². The van der Waals surface area contributed by atoms with Crippen molar-refractivity contribution >= 4 is 6.03 Å². The molecule has 2 amide bonds. The predicted octanol–water partition coefficient (Wildman–Crippen LogP) is 2.11. The molecule has 1 atom stereocenters. The molecule has 0 aliphatic heterocycles. The number of phenols is 1. The number of carbonyl (C=O) groups excluding carboxylic acids is 1. The molecule has 0 aromatic heterocycles. The highest BCUT2D eigenvalue weighted by Crippen LogP contribution is 2.16. The van der Waals surface area contributed by atoms with E-state index < -0.39 is 6.23 Å². The first-order valence-corrected chi connectivity index (χ1v) is 7.25. The number of ether oxygens (including phenoxy) is 1. The third-order valence-electron chi connectivity index (χ3n) is 3.14. The van der Waals surface area contributed by atoms with E-state index in [2.05, 4.69) is 10.6 Å². The van der Waals surface area contributed by atoms with Crippen LogP contribution in [0.3, 0.4) is 0 Å². The Morgan fingerprint density at radius 1 is 1.09 bits per heavy atom. The maximum absolute atomic E-state index is 11.8. The van der Waals surface area contributed by atoms with E-state index in [1.807, 2.05) is 24.3 Å². The number of aliphatic hydroxyl groups is 1. The van der Waals surface area contributed by atoms with Gasteiger partial charge < -0.3 is 25.6 Å². The van der Waals surface area contributed by atoms with E-state index in [1.165, 1.54) is 12.1 Å². The summed E-state index contributed by atoms with van der Waals surface area (Å²) < 4.78 is 5.51. The number of nitrogens with one attached hydrogen (secondary N) is 2. The Morgan fingerprint density at radius 3 is 2.30 bits per heavy atom. The number of urea groups is 1. The molecule has 4 N–H and O–H groups in total. The first kappa shape index (κ1) is 16.6. The summed E-state index contributed by atoms with van der Waals surface area (Å²) in [6.45, 7) is 2.09. The van der Waals surface area contributed by atoms with E-state index in [4.69, 9.17) is 9.84 Å². The number of aromatic hydroxyl groups is 1. The van der Waals surface area contributed by atoms with Gasteiger partial charge >= 0.3 is 6.03 Å². The van der Waals surface area contributed by atoms with Crippen molar-refractivity contribution in [1.29, 1.82) is 0 Å². The first-order chi connectivity index (χ1) is 11.1. The average molecular weight is 316 g/mol. The third-order valence-corrected chi connectivity index (χ3v) is 3.14. The number of hydrogen-bond donors (Lipinski definition) is 4. The number of amides is 2. The molecule has 2 aromatic carbocycles. The molecule has 0 aliphatic carbocycles.